The van der Waals surface area contributed by atoms with E-state index in [1.807, 2.05) is 11.8 Å². The first-order chi connectivity index (χ1) is 6.81. The molecule has 0 aromatic carbocycles. The fourth-order valence-corrected chi connectivity index (χ4v) is 3.78. The van der Waals surface area contributed by atoms with E-state index in [4.69, 9.17) is 0 Å². The maximum absolute atomic E-state index is 11.1. The topological polar surface area (TPSA) is 41.1 Å². The Hall–Kier alpha value is -0.380. The van der Waals surface area contributed by atoms with Gasteiger partial charge in [0, 0.05) is 11.0 Å². The number of amides is 2. The first-order valence-electron chi connectivity index (χ1n) is 5.50. The van der Waals surface area contributed by atoms with Crippen molar-refractivity contribution in [2.24, 2.45) is 0 Å². The van der Waals surface area contributed by atoms with Crippen molar-refractivity contribution in [2.45, 2.75) is 49.9 Å². The maximum atomic E-state index is 11.1. The van der Waals surface area contributed by atoms with Gasteiger partial charge in [-0.3, -0.25) is 0 Å². The van der Waals surface area contributed by atoms with Crippen LogP contribution in [0.25, 0.3) is 0 Å². The maximum Gasteiger partial charge on any atom is 0.315 e. The molecule has 2 aliphatic rings. The summed E-state index contributed by atoms with van der Waals surface area (Å²) in [6.07, 6.45) is 5.14. The van der Waals surface area contributed by atoms with Crippen LogP contribution in [0, 0.1) is 0 Å². The van der Waals surface area contributed by atoms with E-state index in [9.17, 15) is 4.79 Å². The third kappa shape index (κ3) is 2.00. The molecule has 0 aromatic heterocycles. The highest BCUT2D eigenvalue weighted by Gasteiger charge is 2.42. The predicted molar refractivity (Wildman–Crippen MR) is 59.6 cm³/mol. The highest BCUT2D eigenvalue weighted by Crippen LogP contribution is 2.33. The molecule has 80 valence electrons. The largest absolute Gasteiger partial charge is 0.332 e. The second-order valence-corrected chi connectivity index (χ2v) is 5.39. The quantitative estimate of drug-likeness (QED) is 0.553. The van der Waals surface area contributed by atoms with Crippen molar-refractivity contribution in [2.75, 3.05) is 5.75 Å². The van der Waals surface area contributed by atoms with Gasteiger partial charge >= 0.3 is 6.03 Å². The first-order valence-corrected chi connectivity index (χ1v) is 6.54. The minimum absolute atomic E-state index is 0.0285. The van der Waals surface area contributed by atoms with Crippen molar-refractivity contribution in [3.8, 4) is 0 Å². The minimum atomic E-state index is 0.0285. The summed E-state index contributed by atoms with van der Waals surface area (Å²) in [6, 6.07) is 0.810. The van der Waals surface area contributed by atoms with E-state index in [1.54, 1.807) is 0 Å². The molecule has 2 rings (SSSR count). The molecular formula is C10H18N2OS. The molecule has 2 fully saturated rings. The van der Waals surface area contributed by atoms with Crippen molar-refractivity contribution in [3.63, 3.8) is 0 Å². The van der Waals surface area contributed by atoms with Gasteiger partial charge in [-0.2, -0.15) is 11.8 Å². The Morgan fingerprint density at radius 3 is 3.07 bits per heavy atom. The molecule has 2 N–H and O–H groups in total. The van der Waals surface area contributed by atoms with Crippen molar-refractivity contribution in [1.82, 2.24) is 10.6 Å². The average molecular weight is 214 g/mol. The monoisotopic (exact) mass is 214 g/mol. The van der Waals surface area contributed by atoms with Crippen LogP contribution in [-0.2, 0) is 0 Å². The molecule has 0 aromatic rings. The summed E-state index contributed by atoms with van der Waals surface area (Å²) in [5.74, 6) is 1.08. The van der Waals surface area contributed by atoms with Crippen LogP contribution in [0.1, 0.15) is 32.6 Å². The first kappa shape index (κ1) is 10.1. The van der Waals surface area contributed by atoms with Crippen LogP contribution >= 0.6 is 11.8 Å². The number of urea groups is 1. The lowest BCUT2D eigenvalue weighted by Crippen LogP contribution is -2.36. The zero-order chi connectivity index (χ0) is 9.97. The number of carbonyl (C=O) groups excluding carboxylic acids is 1. The van der Waals surface area contributed by atoms with E-state index in [-0.39, 0.29) is 6.03 Å². The SMILES string of the molecule is CCCCCC1SCC2NC(=O)NC21. The van der Waals surface area contributed by atoms with Gasteiger partial charge < -0.3 is 10.6 Å². The summed E-state index contributed by atoms with van der Waals surface area (Å²) in [5, 5.41) is 6.63. The van der Waals surface area contributed by atoms with Gasteiger partial charge in [0.2, 0.25) is 0 Å². The molecule has 0 aliphatic carbocycles. The zero-order valence-corrected chi connectivity index (χ0v) is 9.40. The molecule has 4 heteroatoms. The third-order valence-electron chi connectivity index (χ3n) is 3.03. The van der Waals surface area contributed by atoms with Gasteiger partial charge in [-0.1, -0.05) is 26.2 Å². The molecule has 2 amide bonds. The van der Waals surface area contributed by atoms with E-state index >= 15 is 0 Å². The summed E-state index contributed by atoms with van der Waals surface area (Å²) in [4.78, 5) is 11.1. The van der Waals surface area contributed by atoms with E-state index in [0.29, 0.717) is 17.3 Å². The van der Waals surface area contributed by atoms with Crippen molar-refractivity contribution in [3.05, 3.63) is 0 Å². The van der Waals surface area contributed by atoms with Crippen LogP contribution in [0.3, 0.4) is 0 Å². The fourth-order valence-electron chi connectivity index (χ4n) is 2.24. The zero-order valence-electron chi connectivity index (χ0n) is 8.58. The number of hydrogen-bond acceptors (Lipinski definition) is 2. The van der Waals surface area contributed by atoms with Crippen molar-refractivity contribution >= 4 is 17.8 Å². The van der Waals surface area contributed by atoms with Crippen LogP contribution in [0.4, 0.5) is 4.79 Å². The Bertz CT molecular complexity index is 222. The second-order valence-electron chi connectivity index (χ2n) is 4.12. The van der Waals surface area contributed by atoms with Gasteiger partial charge in [0.25, 0.3) is 0 Å². The number of nitrogens with one attached hydrogen (secondary N) is 2. The van der Waals surface area contributed by atoms with Gasteiger partial charge in [0.05, 0.1) is 12.1 Å². The highest BCUT2D eigenvalue weighted by atomic mass is 32.2. The number of thioether (sulfide) groups is 1. The Kier molecular flexibility index (Phi) is 3.21. The smallest absolute Gasteiger partial charge is 0.315 e. The van der Waals surface area contributed by atoms with Crippen molar-refractivity contribution < 1.29 is 4.79 Å². The number of unbranched alkanes of at least 4 members (excludes halogenated alkanes) is 2. The molecule has 2 aliphatic heterocycles. The summed E-state index contributed by atoms with van der Waals surface area (Å²) in [5.41, 5.74) is 0. The molecule has 2 heterocycles. The highest BCUT2D eigenvalue weighted by molar-refractivity contribution is 8.00. The summed E-state index contributed by atoms with van der Waals surface area (Å²) in [6.45, 7) is 2.23. The van der Waals surface area contributed by atoms with E-state index in [1.165, 1.54) is 25.7 Å². The summed E-state index contributed by atoms with van der Waals surface area (Å²) in [7, 11) is 0. The molecule has 14 heavy (non-hydrogen) atoms. The van der Waals surface area contributed by atoms with Gasteiger partial charge in [-0.05, 0) is 6.42 Å². The average Bonchev–Trinajstić information content (AvgIpc) is 2.66. The lowest BCUT2D eigenvalue weighted by molar-refractivity contribution is 0.247. The van der Waals surface area contributed by atoms with Crippen molar-refractivity contribution in [1.29, 1.82) is 0 Å². The molecule has 3 unspecified atom stereocenters. The standard InChI is InChI=1S/C10H18N2OS/c1-2-3-4-5-8-9-7(6-14-8)11-10(13)12-9/h7-9H,2-6H2,1H3,(H2,11,12,13). The summed E-state index contributed by atoms with van der Waals surface area (Å²) < 4.78 is 0. The van der Waals surface area contributed by atoms with E-state index in [2.05, 4.69) is 17.6 Å². The normalized spacial score (nSPS) is 35.2. The summed E-state index contributed by atoms with van der Waals surface area (Å²) >= 11 is 2.01. The van der Waals surface area contributed by atoms with Gasteiger partial charge in [0.15, 0.2) is 0 Å². The Morgan fingerprint density at radius 2 is 2.29 bits per heavy atom. The lowest BCUT2D eigenvalue weighted by atomic mass is 10.0. The molecule has 0 spiro atoms. The van der Waals surface area contributed by atoms with Crippen LogP contribution in [0.15, 0.2) is 0 Å². The fraction of sp³-hybridized carbons (Fsp3) is 0.900. The van der Waals surface area contributed by atoms with Gasteiger partial charge in [-0.25, -0.2) is 4.79 Å². The Labute approximate surface area is 89.4 Å². The molecule has 2 saturated heterocycles. The Balaban J connectivity index is 1.80. The van der Waals surface area contributed by atoms with Crippen LogP contribution in [0.2, 0.25) is 0 Å². The van der Waals surface area contributed by atoms with Crippen LogP contribution < -0.4 is 10.6 Å². The molecule has 3 atom stereocenters. The van der Waals surface area contributed by atoms with E-state index < -0.39 is 0 Å². The minimum Gasteiger partial charge on any atom is -0.332 e. The van der Waals surface area contributed by atoms with E-state index in [0.717, 1.165) is 5.75 Å². The van der Waals surface area contributed by atoms with Crippen LogP contribution in [-0.4, -0.2) is 29.1 Å². The Morgan fingerprint density at radius 1 is 1.43 bits per heavy atom. The predicted octanol–water partition coefficient (Wildman–Crippen LogP) is 1.73. The van der Waals surface area contributed by atoms with Gasteiger partial charge in [-0.15, -0.1) is 0 Å². The lowest BCUT2D eigenvalue weighted by Gasteiger charge is -2.16. The number of fused-ring (bicyclic) bond motifs is 1. The molecule has 0 radical (unpaired) electrons. The number of hydrogen-bond donors (Lipinski definition) is 2. The molecule has 3 nitrogen and oxygen atoms in total. The molecular weight excluding hydrogens is 196 g/mol. The molecule has 0 bridgehead atoms. The third-order valence-corrected chi connectivity index (χ3v) is 4.54. The second kappa shape index (κ2) is 4.43. The van der Waals surface area contributed by atoms with Gasteiger partial charge in [0.1, 0.15) is 0 Å². The molecule has 0 saturated carbocycles. The number of carbonyl (C=O) groups is 1. The van der Waals surface area contributed by atoms with Crippen LogP contribution in [0.5, 0.6) is 0 Å². The number of rotatable bonds is 4.